The molecule has 0 unspecified atom stereocenters. The van der Waals surface area contributed by atoms with E-state index in [1.165, 1.54) is 19.2 Å². The lowest BCUT2D eigenvalue weighted by Gasteiger charge is -2.06. The van der Waals surface area contributed by atoms with Crippen molar-refractivity contribution in [2.75, 3.05) is 7.11 Å². The van der Waals surface area contributed by atoms with Crippen LogP contribution in [0.5, 0.6) is 5.75 Å². The van der Waals surface area contributed by atoms with Gasteiger partial charge in [-0.25, -0.2) is 4.39 Å². The highest BCUT2D eigenvalue weighted by molar-refractivity contribution is 9.11. The summed E-state index contributed by atoms with van der Waals surface area (Å²) >= 11 is 6.69. The molecule has 0 heterocycles. The lowest BCUT2D eigenvalue weighted by atomic mass is 10.0. The van der Waals surface area contributed by atoms with E-state index >= 15 is 0 Å². The summed E-state index contributed by atoms with van der Waals surface area (Å²) in [5, 5.41) is 0. The maximum absolute atomic E-state index is 13.6. The van der Waals surface area contributed by atoms with E-state index in [4.69, 9.17) is 4.74 Å². The van der Waals surface area contributed by atoms with Crippen LogP contribution in [0.25, 0.3) is 0 Å². The second-order valence-electron chi connectivity index (χ2n) is 4.19. The summed E-state index contributed by atoms with van der Waals surface area (Å²) in [5.74, 6) is -0.368. The maximum Gasteiger partial charge on any atom is 0.168 e. The first-order chi connectivity index (χ1) is 9.51. The molecule has 0 saturated heterocycles. The van der Waals surface area contributed by atoms with E-state index in [9.17, 15) is 9.18 Å². The first-order valence-electron chi connectivity index (χ1n) is 5.82. The molecule has 104 valence electrons. The van der Waals surface area contributed by atoms with Crippen molar-refractivity contribution in [2.24, 2.45) is 0 Å². The monoisotopic (exact) mass is 400 g/mol. The molecule has 20 heavy (non-hydrogen) atoms. The molecule has 0 amide bonds. The summed E-state index contributed by atoms with van der Waals surface area (Å²) in [5.41, 5.74) is 1.19. The molecule has 0 aliphatic carbocycles. The fourth-order valence-corrected chi connectivity index (χ4v) is 3.08. The number of halogens is 3. The van der Waals surface area contributed by atoms with Crippen LogP contribution in [0.3, 0.4) is 0 Å². The summed E-state index contributed by atoms with van der Waals surface area (Å²) in [6.45, 7) is 0. The highest BCUT2D eigenvalue weighted by Gasteiger charge is 2.12. The summed E-state index contributed by atoms with van der Waals surface area (Å²) in [4.78, 5) is 12.2. The minimum absolute atomic E-state index is 0.0751. The van der Waals surface area contributed by atoms with Gasteiger partial charge in [0.15, 0.2) is 17.3 Å². The van der Waals surface area contributed by atoms with Crippen molar-refractivity contribution in [1.29, 1.82) is 0 Å². The SMILES string of the molecule is COc1ccc(CC(=O)c2ccc(Br)cc2Br)cc1F. The molecule has 0 radical (unpaired) electrons. The van der Waals surface area contributed by atoms with E-state index in [1.807, 2.05) is 6.07 Å². The van der Waals surface area contributed by atoms with Gasteiger partial charge >= 0.3 is 0 Å². The van der Waals surface area contributed by atoms with Crippen LogP contribution < -0.4 is 4.74 Å². The molecular formula is C15H11Br2FO2. The normalized spacial score (nSPS) is 10.4. The zero-order valence-electron chi connectivity index (χ0n) is 10.6. The molecule has 0 aromatic heterocycles. The largest absolute Gasteiger partial charge is 0.494 e. The molecule has 0 spiro atoms. The van der Waals surface area contributed by atoms with Crippen molar-refractivity contribution in [3.63, 3.8) is 0 Å². The summed E-state index contributed by atoms with van der Waals surface area (Å²) in [6, 6.07) is 9.87. The lowest BCUT2D eigenvalue weighted by molar-refractivity contribution is 0.0992. The molecule has 5 heteroatoms. The van der Waals surface area contributed by atoms with Crippen LogP contribution in [0.2, 0.25) is 0 Å². The lowest BCUT2D eigenvalue weighted by Crippen LogP contribution is -2.05. The van der Waals surface area contributed by atoms with Gasteiger partial charge in [-0.2, -0.15) is 0 Å². The second kappa shape index (κ2) is 6.50. The smallest absolute Gasteiger partial charge is 0.168 e. The van der Waals surface area contributed by atoms with Gasteiger partial charge in [0.25, 0.3) is 0 Å². The van der Waals surface area contributed by atoms with E-state index < -0.39 is 5.82 Å². The Labute approximate surface area is 133 Å². The molecule has 2 rings (SSSR count). The van der Waals surface area contributed by atoms with Crippen molar-refractivity contribution in [2.45, 2.75) is 6.42 Å². The second-order valence-corrected chi connectivity index (χ2v) is 5.96. The number of hydrogen-bond acceptors (Lipinski definition) is 2. The van der Waals surface area contributed by atoms with Crippen molar-refractivity contribution in [3.05, 3.63) is 62.3 Å². The molecule has 0 saturated carbocycles. The molecule has 0 N–H and O–H groups in total. The molecule has 0 aliphatic heterocycles. The maximum atomic E-state index is 13.6. The van der Waals surface area contributed by atoms with Gasteiger partial charge in [-0.3, -0.25) is 4.79 Å². The van der Waals surface area contributed by atoms with Crippen LogP contribution in [0.15, 0.2) is 45.3 Å². The minimum Gasteiger partial charge on any atom is -0.494 e. The Morgan fingerprint density at radius 3 is 2.55 bits per heavy atom. The Morgan fingerprint density at radius 2 is 1.95 bits per heavy atom. The average molecular weight is 402 g/mol. The van der Waals surface area contributed by atoms with Gasteiger partial charge in [0, 0.05) is 20.9 Å². The Kier molecular flexibility index (Phi) is 4.94. The van der Waals surface area contributed by atoms with Crippen molar-refractivity contribution < 1.29 is 13.9 Å². The van der Waals surface area contributed by atoms with Gasteiger partial charge in [0.05, 0.1) is 7.11 Å². The molecule has 2 aromatic rings. The number of rotatable bonds is 4. The molecule has 0 atom stereocenters. The zero-order chi connectivity index (χ0) is 14.7. The Bertz CT molecular complexity index is 656. The fourth-order valence-electron chi connectivity index (χ4n) is 1.82. The number of carbonyl (C=O) groups is 1. The zero-order valence-corrected chi connectivity index (χ0v) is 13.8. The Hall–Kier alpha value is -1.20. The average Bonchev–Trinajstić information content (AvgIpc) is 2.38. The van der Waals surface area contributed by atoms with Gasteiger partial charge < -0.3 is 4.74 Å². The number of ketones is 1. The quantitative estimate of drug-likeness (QED) is 0.688. The summed E-state index contributed by atoms with van der Waals surface area (Å²) < 4.78 is 20.0. The predicted molar refractivity (Wildman–Crippen MR) is 82.8 cm³/mol. The van der Waals surface area contributed by atoms with E-state index in [0.29, 0.717) is 15.6 Å². The van der Waals surface area contributed by atoms with Crippen molar-refractivity contribution >= 4 is 37.6 Å². The van der Waals surface area contributed by atoms with Gasteiger partial charge in [-0.15, -0.1) is 0 Å². The predicted octanol–water partition coefficient (Wildman–Crippen LogP) is 4.78. The van der Waals surface area contributed by atoms with Gasteiger partial charge in [-0.1, -0.05) is 37.9 Å². The van der Waals surface area contributed by atoms with Crippen molar-refractivity contribution in [3.8, 4) is 5.75 Å². The van der Waals surface area contributed by atoms with Crippen LogP contribution in [0.1, 0.15) is 15.9 Å². The van der Waals surface area contributed by atoms with Crippen molar-refractivity contribution in [1.82, 2.24) is 0 Å². The Morgan fingerprint density at radius 1 is 1.20 bits per heavy atom. The van der Waals surface area contributed by atoms with Gasteiger partial charge in [-0.05, 0) is 35.9 Å². The van der Waals surface area contributed by atoms with Gasteiger partial charge in [0.1, 0.15) is 0 Å². The molecule has 0 fully saturated rings. The number of methoxy groups -OCH3 is 1. The molecule has 2 nitrogen and oxygen atoms in total. The van der Waals surface area contributed by atoms with E-state index in [2.05, 4.69) is 31.9 Å². The number of Topliss-reactive ketones (excluding diaryl/α,β-unsaturated/α-hetero) is 1. The van der Waals surface area contributed by atoms with Gasteiger partial charge in [0.2, 0.25) is 0 Å². The molecule has 2 aromatic carbocycles. The molecule has 0 bridgehead atoms. The third-order valence-electron chi connectivity index (χ3n) is 2.81. The highest BCUT2D eigenvalue weighted by atomic mass is 79.9. The third kappa shape index (κ3) is 3.46. The first-order valence-corrected chi connectivity index (χ1v) is 7.40. The minimum atomic E-state index is -0.465. The molecular weight excluding hydrogens is 391 g/mol. The highest BCUT2D eigenvalue weighted by Crippen LogP contribution is 2.24. The van der Waals surface area contributed by atoms with E-state index in [1.54, 1.807) is 18.2 Å². The number of hydrogen-bond donors (Lipinski definition) is 0. The number of carbonyl (C=O) groups excluding carboxylic acids is 1. The van der Waals surface area contributed by atoms with Crippen LogP contribution in [-0.2, 0) is 6.42 Å². The van der Waals surface area contributed by atoms with Crippen LogP contribution in [-0.4, -0.2) is 12.9 Å². The Balaban J connectivity index is 2.21. The molecule has 0 aliphatic rings. The van der Waals surface area contributed by atoms with Crippen LogP contribution in [0.4, 0.5) is 4.39 Å². The summed E-state index contributed by atoms with van der Waals surface area (Å²) in [7, 11) is 1.40. The number of ether oxygens (including phenoxy) is 1. The van der Waals surface area contributed by atoms with Crippen LogP contribution >= 0.6 is 31.9 Å². The first kappa shape index (κ1) is 15.2. The van der Waals surface area contributed by atoms with E-state index in [0.717, 1.165) is 4.47 Å². The topological polar surface area (TPSA) is 26.3 Å². The fraction of sp³-hybridized carbons (Fsp3) is 0.133. The van der Waals surface area contributed by atoms with E-state index in [-0.39, 0.29) is 18.0 Å². The number of benzene rings is 2. The summed E-state index contributed by atoms with van der Waals surface area (Å²) in [6.07, 6.45) is 0.140. The standard InChI is InChI=1S/C15H11Br2FO2/c1-20-15-5-2-9(6-13(15)18)7-14(19)11-4-3-10(16)8-12(11)17/h2-6,8H,7H2,1H3. The van der Waals surface area contributed by atoms with Crippen LogP contribution in [0, 0.1) is 5.82 Å². The third-order valence-corrected chi connectivity index (χ3v) is 3.96.